The topological polar surface area (TPSA) is 0 Å². The van der Waals surface area contributed by atoms with Gasteiger partial charge in [0.25, 0.3) is 0 Å². The van der Waals surface area contributed by atoms with Gasteiger partial charge in [0.1, 0.15) is 0 Å². The molecule has 0 saturated heterocycles. The Morgan fingerprint density at radius 2 is 0.855 bits per heavy atom. The SMILES string of the molecule is CCCCCCCCCCC(CCCCCCCC)Cc1cc(-c2ccc(-c3sc(Br)c(Br)c3CC(CCCCCCCC)CCCCCCCCCC)s2)sc1-c1cccs1. The van der Waals surface area contributed by atoms with Gasteiger partial charge in [0, 0.05) is 33.7 Å². The molecule has 0 radical (unpaired) electrons. The molecule has 4 aromatic heterocycles. The number of halogens is 2. The van der Waals surface area contributed by atoms with E-state index in [9.17, 15) is 0 Å². The van der Waals surface area contributed by atoms with Crippen LogP contribution in [-0.2, 0) is 12.8 Å². The maximum absolute atomic E-state index is 4.11. The molecule has 2 unspecified atom stereocenters. The fourth-order valence-electron chi connectivity index (χ4n) is 9.56. The predicted octanol–water partition coefficient (Wildman–Crippen LogP) is 23.3. The molecule has 4 aromatic rings. The summed E-state index contributed by atoms with van der Waals surface area (Å²) in [4.78, 5) is 8.84. The van der Waals surface area contributed by atoms with Crippen molar-refractivity contribution in [3.05, 3.63) is 55.1 Å². The second-order valence-corrected chi connectivity index (χ2v) is 25.1. The van der Waals surface area contributed by atoms with Crippen LogP contribution in [0.2, 0.25) is 0 Å². The van der Waals surface area contributed by atoms with Gasteiger partial charge in [0.05, 0.1) is 3.79 Å². The number of hydrogen-bond acceptors (Lipinski definition) is 4. The van der Waals surface area contributed by atoms with Gasteiger partial charge < -0.3 is 0 Å². The molecule has 0 aromatic carbocycles. The molecule has 0 fully saturated rings. The summed E-state index contributed by atoms with van der Waals surface area (Å²) in [5.41, 5.74) is 3.16. The van der Waals surface area contributed by atoms with Crippen LogP contribution in [0.1, 0.15) is 244 Å². The first-order chi connectivity index (χ1) is 30.5. The van der Waals surface area contributed by atoms with Crippen LogP contribution >= 0.6 is 77.2 Å². The van der Waals surface area contributed by atoms with Crippen molar-refractivity contribution < 1.29 is 0 Å². The van der Waals surface area contributed by atoms with E-state index in [1.165, 1.54) is 256 Å². The minimum Gasteiger partial charge on any atom is -0.143 e. The van der Waals surface area contributed by atoms with E-state index in [2.05, 4.69) is 107 Å². The quantitative estimate of drug-likeness (QED) is 0.0391. The average Bonchev–Trinajstić information content (AvgIpc) is 4.11. The van der Waals surface area contributed by atoms with Crippen molar-refractivity contribution in [3.63, 3.8) is 0 Å². The molecule has 62 heavy (non-hydrogen) atoms. The number of rotatable bonds is 39. The van der Waals surface area contributed by atoms with E-state index >= 15 is 0 Å². The highest BCUT2D eigenvalue weighted by Crippen LogP contribution is 2.50. The first-order valence-electron chi connectivity index (χ1n) is 26.2. The summed E-state index contributed by atoms with van der Waals surface area (Å²) in [5.74, 6) is 1.56. The molecule has 0 aliphatic rings. The molecular formula is C56H88Br2S4. The lowest BCUT2D eigenvalue weighted by atomic mass is 9.88. The van der Waals surface area contributed by atoms with Crippen LogP contribution in [0.15, 0.2) is 44.0 Å². The van der Waals surface area contributed by atoms with Gasteiger partial charge in [0.2, 0.25) is 0 Å². The third-order valence-corrected chi connectivity index (χ3v) is 20.7. The average molecular weight is 1050 g/mol. The number of thiophene rings is 4. The Morgan fingerprint density at radius 1 is 0.419 bits per heavy atom. The Balaban J connectivity index is 1.49. The van der Waals surface area contributed by atoms with Crippen molar-refractivity contribution in [2.24, 2.45) is 11.8 Å². The molecule has 0 bridgehead atoms. The maximum Gasteiger partial charge on any atom is 0.0850 e. The van der Waals surface area contributed by atoms with Gasteiger partial charge in [-0.1, -0.05) is 239 Å². The molecule has 6 heteroatoms. The first-order valence-corrected chi connectivity index (χ1v) is 31.1. The van der Waals surface area contributed by atoms with Crippen LogP contribution in [0.4, 0.5) is 0 Å². The fraction of sp³-hybridized carbons (Fsp3) is 0.714. The molecular weight excluding hydrogens is 961 g/mol. The highest BCUT2D eigenvalue weighted by Gasteiger charge is 2.23. The molecule has 0 aliphatic carbocycles. The third kappa shape index (κ3) is 20.7. The zero-order chi connectivity index (χ0) is 44.0. The van der Waals surface area contributed by atoms with E-state index in [4.69, 9.17) is 0 Å². The normalized spacial score (nSPS) is 12.8. The van der Waals surface area contributed by atoms with Crippen LogP contribution in [0.5, 0.6) is 0 Å². The minimum absolute atomic E-state index is 0.764. The lowest BCUT2D eigenvalue weighted by molar-refractivity contribution is 0.400. The molecule has 0 amide bonds. The molecule has 350 valence electrons. The first kappa shape index (κ1) is 54.4. The van der Waals surface area contributed by atoms with E-state index < -0.39 is 0 Å². The molecule has 0 N–H and O–H groups in total. The van der Waals surface area contributed by atoms with Gasteiger partial charge >= 0.3 is 0 Å². The molecule has 2 atom stereocenters. The molecule has 0 saturated carbocycles. The lowest BCUT2D eigenvalue weighted by Gasteiger charge is -2.18. The van der Waals surface area contributed by atoms with Crippen molar-refractivity contribution in [2.75, 3.05) is 0 Å². The third-order valence-electron chi connectivity index (χ3n) is 13.4. The highest BCUT2D eigenvalue weighted by molar-refractivity contribution is 9.13. The van der Waals surface area contributed by atoms with Crippen LogP contribution in [0.25, 0.3) is 29.3 Å². The Labute approximate surface area is 415 Å². The Morgan fingerprint density at radius 3 is 1.31 bits per heavy atom. The smallest absolute Gasteiger partial charge is 0.0850 e. The largest absolute Gasteiger partial charge is 0.143 e. The van der Waals surface area contributed by atoms with Gasteiger partial charge in [-0.3, -0.25) is 0 Å². The van der Waals surface area contributed by atoms with E-state index in [1.807, 2.05) is 34.0 Å². The summed E-state index contributed by atoms with van der Waals surface area (Å²) in [6, 6.07) is 12.1. The Bertz CT molecular complexity index is 1660. The summed E-state index contributed by atoms with van der Waals surface area (Å²) >= 11 is 16.1. The zero-order valence-corrected chi connectivity index (χ0v) is 46.5. The Kier molecular flexibility index (Phi) is 29.9. The van der Waals surface area contributed by atoms with Crippen molar-refractivity contribution in [3.8, 4) is 29.3 Å². The van der Waals surface area contributed by atoms with E-state index in [0.29, 0.717) is 0 Å². The van der Waals surface area contributed by atoms with Gasteiger partial charge in [-0.15, -0.1) is 45.3 Å². The van der Waals surface area contributed by atoms with Crippen molar-refractivity contribution in [1.82, 2.24) is 0 Å². The standard InChI is InChI=1S/C56H88Br2S4/c1-5-9-13-17-21-23-27-30-35-45(34-29-25-19-15-11-7-3)42-47-44-52(61-54(47)50-38-33-41-59-50)49-39-40-51(60-49)55-48(53(57)56(58)62-55)43-46(36-31-26-20-16-12-8-4)37-32-28-24-22-18-14-10-6-2/h33,38-41,44-46H,5-32,34-37,42-43H2,1-4H3. The van der Waals surface area contributed by atoms with Crippen LogP contribution < -0.4 is 0 Å². The van der Waals surface area contributed by atoms with Crippen LogP contribution in [-0.4, -0.2) is 0 Å². The molecule has 4 rings (SSSR count). The molecule has 4 heterocycles. The van der Waals surface area contributed by atoms with Gasteiger partial charge in [0.15, 0.2) is 0 Å². The van der Waals surface area contributed by atoms with Crippen molar-refractivity contribution in [2.45, 2.75) is 246 Å². The maximum atomic E-state index is 4.11. The second kappa shape index (κ2) is 34.1. The lowest BCUT2D eigenvalue weighted by Crippen LogP contribution is -2.06. The summed E-state index contributed by atoms with van der Waals surface area (Å²) in [5, 5.41) is 2.28. The summed E-state index contributed by atoms with van der Waals surface area (Å²) < 4.78 is 2.57. The predicted molar refractivity (Wildman–Crippen MR) is 294 cm³/mol. The van der Waals surface area contributed by atoms with E-state index in [1.54, 1.807) is 11.1 Å². The molecule has 0 spiro atoms. The van der Waals surface area contributed by atoms with Crippen molar-refractivity contribution >= 4 is 77.2 Å². The van der Waals surface area contributed by atoms with Crippen molar-refractivity contribution in [1.29, 1.82) is 0 Å². The summed E-state index contributed by atoms with van der Waals surface area (Å²) in [7, 11) is 0. The Hall–Kier alpha value is -0.240. The van der Waals surface area contributed by atoms with E-state index in [0.717, 1.165) is 11.8 Å². The highest BCUT2D eigenvalue weighted by atomic mass is 79.9. The molecule has 0 aliphatic heterocycles. The summed E-state index contributed by atoms with van der Waals surface area (Å²) in [6.07, 6.45) is 47.2. The van der Waals surface area contributed by atoms with Gasteiger partial charge in [-0.25, -0.2) is 0 Å². The van der Waals surface area contributed by atoms with Gasteiger partial charge in [-0.2, -0.15) is 0 Å². The van der Waals surface area contributed by atoms with Crippen LogP contribution in [0.3, 0.4) is 0 Å². The fourth-order valence-corrected chi connectivity index (χ4v) is 15.3. The monoisotopic (exact) mass is 1050 g/mol. The minimum atomic E-state index is 0.764. The second-order valence-electron chi connectivity index (χ2n) is 18.9. The van der Waals surface area contributed by atoms with Gasteiger partial charge in [-0.05, 0) is 97.3 Å². The number of hydrogen-bond donors (Lipinski definition) is 0. The van der Waals surface area contributed by atoms with E-state index in [-0.39, 0.29) is 0 Å². The zero-order valence-electron chi connectivity index (χ0n) is 40.0. The van der Waals surface area contributed by atoms with Crippen LogP contribution in [0, 0.1) is 11.8 Å². The molecule has 0 nitrogen and oxygen atoms in total. The summed E-state index contributed by atoms with van der Waals surface area (Å²) in [6.45, 7) is 9.31. The number of unbranched alkanes of at least 4 members (excludes halogenated alkanes) is 24.